The SMILES string of the molecule is c1ccc2cc(C3N=C(c4cc5c6ccccc6ccc5c5ccccc45)NC(c4cccc5oc6cccnc6c45)=N3)ccc2c1. The topological polar surface area (TPSA) is 62.8 Å². The highest BCUT2D eigenvalue weighted by Crippen LogP contribution is 2.36. The molecule has 0 fully saturated rings. The van der Waals surface area contributed by atoms with Gasteiger partial charge in [0, 0.05) is 17.3 Å². The molecule has 0 saturated carbocycles. The molecule has 47 heavy (non-hydrogen) atoms. The van der Waals surface area contributed by atoms with Gasteiger partial charge in [-0.1, -0.05) is 109 Å². The number of pyridine rings is 1. The molecule has 0 aliphatic carbocycles. The second-order valence-electron chi connectivity index (χ2n) is 12.0. The Morgan fingerprint density at radius 2 is 1.19 bits per heavy atom. The summed E-state index contributed by atoms with van der Waals surface area (Å²) in [7, 11) is 0. The van der Waals surface area contributed by atoms with Gasteiger partial charge < -0.3 is 9.73 Å². The van der Waals surface area contributed by atoms with Gasteiger partial charge in [0.25, 0.3) is 0 Å². The molecule has 1 aliphatic heterocycles. The Labute approximate surface area is 269 Å². The second-order valence-corrected chi connectivity index (χ2v) is 12.0. The third-order valence-electron chi connectivity index (χ3n) is 9.34. The van der Waals surface area contributed by atoms with Crippen LogP contribution < -0.4 is 5.32 Å². The molecule has 0 spiro atoms. The van der Waals surface area contributed by atoms with Crippen LogP contribution in [0, 0.1) is 0 Å². The fourth-order valence-electron chi connectivity index (χ4n) is 7.14. The van der Waals surface area contributed by atoms with Gasteiger partial charge in [0.1, 0.15) is 22.8 Å². The number of nitrogens with one attached hydrogen (secondary N) is 1. The van der Waals surface area contributed by atoms with Gasteiger partial charge in [-0.15, -0.1) is 0 Å². The number of fused-ring (bicyclic) bond motifs is 9. The van der Waals surface area contributed by atoms with Crippen LogP contribution in [0.1, 0.15) is 22.9 Å². The molecular weight excluding hydrogens is 576 g/mol. The maximum atomic E-state index is 6.23. The Kier molecular flexibility index (Phi) is 5.57. The molecule has 5 heteroatoms. The number of benzene rings is 7. The fraction of sp³-hybridized carbons (Fsp3) is 0.0238. The van der Waals surface area contributed by atoms with Crippen molar-refractivity contribution in [2.24, 2.45) is 9.98 Å². The van der Waals surface area contributed by atoms with Crippen LogP contribution in [0.15, 0.2) is 160 Å². The van der Waals surface area contributed by atoms with Crippen LogP contribution in [0.4, 0.5) is 0 Å². The monoisotopic (exact) mass is 602 g/mol. The average Bonchev–Trinajstić information content (AvgIpc) is 3.53. The van der Waals surface area contributed by atoms with Gasteiger partial charge in [-0.25, -0.2) is 9.98 Å². The molecule has 1 N–H and O–H groups in total. The smallest absolute Gasteiger partial charge is 0.169 e. The van der Waals surface area contributed by atoms with Crippen molar-refractivity contribution in [1.29, 1.82) is 0 Å². The van der Waals surface area contributed by atoms with Crippen molar-refractivity contribution in [2.75, 3.05) is 0 Å². The highest BCUT2D eigenvalue weighted by atomic mass is 16.3. The summed E-state index contributed by atoms with van der Waals surface area (Å²) in [6.07, 6.45) is 1.34. The molecule has 0 amide bonds. The predicted molar refractivity (Wildman–Crippen MR) is 193 cm³/mol. The van der Waals surface area contributed by atoms with E-state index in [9.17, 15) is 0 Å². The van der Waals surface area contributed by atoms with E-state index in [1.54, 1.807) is 6.20 Å². The Balaban J connectivity index is 1.24. The molecule has 1 aliphatic rings. The van der Waals surface area contributed by atoms with E-state index in [1.807, 2.05) is 24.3 Å². The lowest BCUT2D eigenvalue weighted by atomic mass is 9.93. The third-order valence-corrected chi connectivity index (χ3v) is 9.34. The zero-order valence-electron chi connectivity index (χ0n) is 25.2. The minimum Gasteiger partial charge on any atom is -0.454 e. The summed E-state index contributed by atoms with van der Waals surface area (Å²) in [5, 5.41) is 14.1. The van der Waals surface area contributed by atoms with Crippen LogP contribution in [-0.2, 0) is 0 Å². The van der Waals surface area contributed by atoms with E-state index in [-0.39, 0.29) is 0 Å². The highest BCUT2D eigenvalue weighted by Gasteiger charge is 2.25. The number of rotatable bonds is 3. The third kappa shape index (κ3) is 4.07. The molecule has 1 unspecified atom stereocenters. The first-order valence-electron chi connectivity index (χ1n) is 15.8. The Morgan fingerprint density at radius 1 is 0.489 bits per heavy atom. The minimum absolute atomic E-state index is 0.464. The number of hydrogen-bond acceptors (Lipinski definition) is 5. The first-order valence-corrected chi connectivity index (χ1v) is 15.8. The summed E-state index contributed by atoms with van der Waals surface area (Å²) in [5.41, 5.74) is 5.32. The maximum absolute atomic E-state index is 6.23. The van der Waals surface area contributed by atoms with Gasteiger partial charge in [-0.05, 0) is 79.0 Å². The van der Waals surface area contributed by atoms with Gasteiger partial charge in [-0.3, -0.25) is 4.98 Å². The lowest BCUT2D eigenvalue weighted by molar-refractivity contribution is 0.668. The van der Waals surface area contributed by atoms with E-state index in [0.717, 1.165) is 61.2 Å². The highest BCUT2D eigenvalue weighted by molar-refractivity contribution is 6.28. The molecule has 0 saturated heterocycles. The molecule has 3 heterocycles. The molecule has 0 radical (unpaired) electrons. The number of furan rings is 1. The van der Waals surface area contributed by atoms with Crippen molar-refractivity contribution in [3.63, 3.8) is 0 Å². The van der Waals surface area contributed by atoms with Crippen LogP contribution in [0.5, 0.6) is 0 Å². The Hall–Kier alpha value is -6.33. The van der Waals surface area contributed by atoms with Crippen molar-refractivity contribution >= 4 is 76.8 Å². The summed E-state index contributed by atoms with van der Waals surface area (Å²) in [6.45, 7) is 0. The van der Waals surface area contributed by atoms with Gasteiger partial charge in [0.2, 0.25) is 0 Å². The number of aliphatic imine (C=N–C) groups is 2. The number of hydrogen-bond donors (Lipinski definition) is 1. The molecule has 220 valence electrons. The fourth-order valence-corrected chi connectivity index (χ4v) is 7.14. The molecule has 10 rings (SSSR count). The maximum Gasteiger partial charge on any atom is 0.169 e. The zero-order chi connectivity index (χ0) is 30.9. The van der Waals surface area contributed by atoms with Crippen molar-refractivity contribution in [3.05, 3.63) is 162 Å². The summed E-state index contributed by atoms with van der Waals surface area (Å²) < 4.78 is 6.23. The molecule has 9 aromatic rings. The van der Waals surface area contributed by atoms with E-state index < -0.39 is 6.17 Å². The molecule has 0 bridgehead atoms. The first-order chi connectivity index (χ1) is 23.3. The zero-order valence-corrected chi connectivity index (χ0v) is 25.2. The average molecular weight is 603 g/mol. The van der Waals surface area contributed by atoms with Gasteiger partial charge in [0.05, 0.1) is 5.39 Å². The van der Waals surface area contributed by atoms with Crippen LogP contribution in [0.25, 0.3) is 65.2 Å². The molecule has 1 atom stereocenters. The molecular formula is C42H26N4O. The van der Waals surface area contributed by atoms with Crippen molar-refractivity contribution in [2.45, 2.75) is 6.17 Å². The van der Waals surface area contributed by atoms with Crippen molar-refractivity contribution in [1.82, 2.24) is 10.3 Å². The number of nitrogens with zero attached hydrogens (tertiary/aromatic N) is 3. The van der Waals surface area contributed by atoms with Gasteiger partial charge in [0.15, 0.2) is 11.7 Å². The van der Waals surface area contributed by atoms with E-state index in [0.29, 0.717) is 0 Å². The predicted octanol–water partition coefficient (Wildman–Crippen LogP) is 10.1. The van der Waals surface area contributed by atoms with Crippen LogP contribution >= 0.6 is 0 Å². The normalized spacial score (nSPS) is 15.0. The lowest BCUT2D eigenvalue weighted by Crippen LogP contribution is -2.36. The minimum atomic E-state index is -0.464. The summed E-state index contributed by atoms with van der Waals surface area (Å²) in [6, 6.07) is 48.8. The molecule has 7 aromatic carbocycles. The molecule has 5 nitrogen and oxygen atoms in total. The summed E-state index contributed by atoms with van der Waals surface area (Å²) >= 11 is 0. The number of amidine groups is 2. The van der Waals surface area contributed by atoms with Gasteiger partial charge >= 0.3 is 0 Å². The quantitative estimate of drug-likeness (QED) is 0.205. The van der Waals surface area contributed by atoms with Crippen molar-refractivity contribution < 1.29 is 4.42 Å². The number of aromatic nitrogens is 1. The molecule has 2 aromatic heterocycles. The van der Waals surface area contributed by atoms with E-state index >= 15 is 0 Å². The Morgan fingerprint density at radius 3 is 2.09 bits per heavy atom. The largest absolute Gasteiger partial charge is 0.454 e. The van der Waals surface area contributed by atoms with Crippen molar-refractivity contribution in [3.8, 4) is 0 Å². The second kappa shape index (κ2) is 10.1. The lowest BCUT2D eigenvalue weighted by Gasteiger charge is -2.24. The van der Waals surface area contributed by atoms with Crippen LogP contribution in [0.3, 0.4) is 0 Å². The summed E-state index contributed by atoms with van der Waals surface area (Å²) in [5.74, 6) is 1.51. The standard InChI is InChI=1S/C42H26N4O/c1-2-11-27-23-28(19-18-25(27)9-1)40-44-41(33-15-7-16-36-38(33)39-37(47-36)17-8-22-43-39)46-42(45-40)35-24-34-29-12-4-3-10-26(29)20-21-32(34)30-13-5-6-14-31(30)35/h1-24,40H,(H,44,45,46). The van der Waals surface area contributed by atoms with E-state index in [4.69, 9.17) is 19.4 Å². The van der Waals surface area contributed by atoms with Crippen LogP contribution in [-0.4, -0.2) is 16.7 Å². The van der Waals surface area contributed by atoms with E-state index in [1.165, 1.54) is 32.3 Å². The van der Waals surface area contributed by atoms with E-state index in [2.05, 4.69) is 121 Å². The Bertz CT molecular complexity index is 2790. The van der Waals surface area contributed by atoms with Crippen LogP contribution in [0.2, 0.25) is 0 Å². The summed E-state index contributed by atoms with van der Waals surface area (Å²) in [4.78, 5) is 15.3. The van der Waals surface area contributed by atoms with Gasteiger partial charge in [-0.2, -0.15) is 0 Å². The first kappa shape index (κ1) is 25.9.